The Hall–Kier alpha value is -2.78. The molecule has 9 heteroatoms. The maximum Gasteiger partial charge on any atom is 0.248 e. The van der Waals surface area contributed by atoms with Gasteiger partial charge in [0.2, 0.25) is 21.8 Å². The van der Waals surface area contributed by atoms with Crippen molar-refractivity contribution in [3.63, 3.8) is 0 Å². The minimum Gasteiger partial charge on any atom is -0.366 e. The molecule has 26 heavy (non-hydrogen) atoms. The summed E-state index contributed by atoms with van der Waals surface area (Å²) in [5.41, 5.74) is 6.16. The fraction of sp³-hybridized carbons (Fsp3) is 0.176. The first-order valence-corrected chi connectivity index (χ1v) is 9.01. The van der Waals surface area contributed by atoms with Crippen LogP contribution in [0.2, 0.25) is 0 Å². The number of rotatable bonds is 7. The number of carbonyl (C=O) groups is 2. The molecule has 0 atom stereocenters. The lowest BCUT2D eigenvalue weighted by Crippen LogP contribution is -2.38. The van der Waals surface area contributed by atoms with Crippen molar-refractivity contribution in [3.8, 4) is 0 Å². The number of likely N-dealkylation sites (N-methyl/N-ethyl adjacent to an activating group) is 1. The molecule has 0 bridgehead atoms. The summed E-state index contributed by atoms with van der Waals surface area (Å²) in [6, 6.07) is 10.8. The standard InChI is InChI=1S/C17H18FN3O4S/c1-21(26(24,25)15-7-5-14(18)6-8-15)11-16(22)20-10-12-3-2-4-13(9-12)17(19)23/h2-9H,10-11H2,1H3,(H2,19,23)(H,20,22). The summed E-state index contributed by atoms with van der Waals surface area (Å²) >= 11 is 0. The smallest absolute Gasteiger partial charge is 0.248 e. The molecule has 3 N–H and O–H groups in total. The van der Waals surface area contributed by atoms with Crippen molar-refractivity contribution in [2.75, 3.05) is 13.6 Å². The second-order valence-electron chi connectivity index (χ2n) is 5.56. The monoisotopic (exact) mass is 379 g/mol. The molecule has 7 nitrogen and oxygen atoms in total. The van der Waals surface area contributed by atoms with Crippen molar-refractivity contribution in [1.29, 1.82) is 0 Å². The minimum atomic E-state index is -3.91. The van der Waals surface area contributed by atoms with Crippen LogP contribution in [0.1, 0.15) is 15.9 Å². The molecule has 138 valence electrons. The van der Waals surface area contributed by atoms with Crippen LogP contribution in [0.3, 0.4) is 0 Å². The first-order chi connectivity index (χ1) is 12.2. The lowest BCUT2D eigenvalue weighted by Gasteiger charge is -2.17. The first-order valence-electron chi connectivity index (χ1n) is 7.57. The van der Waals surface area contributed by atoms with Gasteiger partial charge in [-0.05, 0) is 42.0 Å². The van der Waals surface area contributed by atoms with Gasteiger partial charge in [-0.2, -0.15) is 4.31 Å². The molecule has 0 spiro atoms. The zero-order valence-corrected chi connectivity index (χ0v) is 14.8. The van der Waals surface area contributed by atoms with E-state index in [0.717, 1.165) is 28.6 Å². The van der Waals surface area contributed by atoms with E-state index in [4.69, 9.17) is 5.73 Å². The highest BCUT2D eigenvalue weighted by atomic mass is 32.2. The highest BCUT2D eigenvalue weighted by Crippen LogP contribution is 2.14. The number of primary amides is 1. The van der Waals surface area contributed by atoms with Crippen molar-refractivity contribution < 1.29 is 22.4 Å². The molecule has 2 aromatic carbocycles. The van der Waals surface area contributed by atoms with Gasteiger partial charge >= 0.3 is 0 Å². The van der Waals surface area contributed by atoms with Gasteiger partial charge in [0.05, 0.1) is 11.4 Å². The van der Waals surface area contributed by atoms with E-state index in [-0.39, 0.29) is 11.4 Å². The Labute approximate surface area is 150 Å². The van der Waals surface area contributed by atoms with Crippen LogP contribution in [0.15, 0.2) is 53.4 Å². The molecule has 0 fully saturated rings. The van der Waals surface area contributed by atoms with E-state index in [2.05, 4.69) is 5.32 Å². The van der Waals surface area contributed by atoms with E-state index >= 15 is 0 Å². The summed E-state index contributed by atoms with van der Waals surface area (Å²) < 4.78 is 38.5. The number of carbonyl (C=O) groups excluding carboxylic acids is 2. The van der Waals surface area contributed by atoms with Crippen molar-refractivity contribution in [3.05, 3.63) is 65.5 Å². The van der Waals surface area contributed by atoms with Gasteiger partial charge in [-0.25, -0.2) is 12.8 Å². The molecule has 0 saturated heterocycles. The van der Waals surface area contributed by atoms with Crippen LogP contribution in [0.4, 0.5) is 4.39 Å². The Bertz CT molecular complexity index is 914. The molecule has 0 radical (unpaired) electrons. The van der Waals surface area contributed by atoms with Crippen LogP contribution in [0.25, 0.3) is 0 Å². The Balaban J connectivity index is 1.97. The van der Waals surface area contributed by atoms with Crippen molar-refractivity contribution in [2.45, 2.75) is 11.4 Å². The van der Waals surface area contributed by atoms with Gasteiger partial charge in [-0.1, -0.05) is 12.1 Å². The highest BCUT2D eigenvalue weighted by Gasteiger charge is 2.22. The fourth-order valence-electron chi connectivity index (χ4n) is 2.16. The summed E-state index contributed by atoms with van der Waals surface area (Å²) in [7, 11) is -2.65. The molecule has 2 amide bonds. The molecule has 0 aromatic heterocycles. The van der Waals surface area contributed by atoms with Crippen LogP contribution in [0, 0.1) is 5.82 Å². The largest absolute Gasteiger partial charge is 0.366 e. The third-order valence-corrected chi connectivity index (χ3v) is 5.41. The summed E-state index contributed by atoms with van der Waals surface area (Å²) in [5, 5.41) is 2.57. The molecule has 0 aliphatic carbocycles. The lowest BCUT2D eigenvalue weighted by atomic mass is 10.1. The van der Waals surface area contributed by atoms with Gasteiger partial charge in [-0.3, -0.25) is 9.59 Å². The molecule has 0 unspecified atom stereocenters. The van der Waals surface area contributed by atoms with E-state index in [1.807, 2.05) is 0 Å². The predicted octanol–water partition coefficient (Wildman–Crippen LogP) is 0.861. The number of amides is 2. The zero-order chi connectivity index (χ0) is 19.3. The van der Waals surface area contributed by atoms with Crippen LogP contribution in [0.5, 0.6) is 0 Å². The Morgan fingerprint density at radius 1 is 1.15 bits per heavy atom. The second-order valence-corrected chi connectivity index (χ2v) is 7.60. The second kappa shape index (κ2) is 8.07. The number of hydrogen-bond acceptors (Lipinski definition) is 4. The SMILES string of the molecule is CN(CC(=O)NCc1cccc(C(N)=O)c1)S(=O)(=O)c1ccc(F)cc1. The highest BCUT2D eigenvalue weighted by molar-refractivity contribution is 7.89. The number of nitrogens with one attached hydrogen (secondary N) is 1. The van der Waals surface area contributed by atoms with Crippen LogP contribution < -0.4 is 11.1 Å². The molecule has 2 rings (SSSR count). The van der Waals surface area contributed by atoms with E-state index in [1.165, 1.54) is 7.05 Å². The summed E-state index contributed by atoms with van der Waals surface area (Å²) in [5.74, 6) is -1.66. The number of hydrogen-bond donors (Lipinski definition) is 2. The summed E-state index contributed by atoms with van der Waals surface area (Å²) in [6.07, 6.45) is 0. The minimum absolute atomic E-state index is 0.108. The lowest BCUT2D eigenvalue weighted by molar-refractivity contribution is -0.121. The van der Waals surface area contributed by atoms with E-state index < -0.39 is 34.2 Å². The van der Waals surface area contributed by atoms with Crippen LogP contribution >= 0.6 is 0 Å². The van der Waals surface area contributed by atoms with Crippen LogP contribution in [-0.2, 0) is 21.4 Å². The quantitative estimate of drug-likeness (QED) is 0.743. The van der Waals surface area contributed by atoms with Crippen LogP contribution in [-0.4, -0.2) is 38.1 Å². The molecule has 0 heterocycles. The van der Waals surface area contributed by atoms with Crippen molar-refractivity contribution in [1.82, 2.24) is 9.62 Å². The van der Waals surface area contributed by atoms with Gasteiger partial charge in [0.1, 0.15) is 5.82 Å². The Kier molecular flexibility index (Phi) is 6.06. The maximum absolute atomic E-state index is 12.9. The summed E-state index contributed by atoms with van der Waals surface area (Å²) in [4.78, 5) is 23.0. The maximum atomic E-state index is 12.9. The van der Waals surface area contributed by atoms with Gasteiger partial charge in [-0.15, -0.1) is 0 Å². The van der Waals surface area contributed by atoms with Gasteiger partial charge < -0.3 is 11.1 Å². The van der Waals surface area contributed by atoms with Gasteiger partial charge in [0.25, 0.3) is 0 Å². The number of benzene rings is 2. The predicted molar refractivity (Wildman–Crippen MR) is 93.0 cm³/mol. The van der Waals surface area contributed by atoms with Gasteiger partial charge in [0.15, 0.2) is 0 Å². The van der Waals surface area contributed by atoms with Crippen molar-refractivity contribution in [2.24, 2.45) is 5.73 Å². The topological polar surface area (TPSA) is 110 Å². The third kappa shape index (κ3) is 4.87. The Morgan fingerprint density at radius 3 is 2.42 bits per heavy atom. The number of sulfonamides is 1. The molecular weight excluding hydrogens is 361 g/mol. The number of halogens is 1. The molecular formula is C17H18FN3O4S. The zero-order valence-electron chi connectivity index (χ0n) is 14.0. The van der Waals surface area contributed by atoms with Gasteiger partial charge in [0, 0.05) is 19.2 Å². The molecule has 2 aromatic rings. The average Bonchev–Trinajstić information content (AvgIpc) is 2.60. The molecule has 0 aliphatic heterocycles. The number of nitrogens with zero attached hydrogens (tertiary/aromatic N) is 1. The Morgan fingerprint density at radius 2 is 1.81 bits per heavy atom. The molecule has 0 aliphatic rings. The van der Waals surface area contributed by atoms with E-state index in [1.54, 1.807) is 24.3 Å². The van der Waals surface area contributed by atoms with Crippen molar-refractivity contribution >= 4 is 21.8 Å². The average molecular weight is 379 g/mol. The molecule has 0 saturated carbocycles. The number of nitrogens with two attached hydrogens (primary N) is 1. The first kappa shape index (κ1) is 19.5. The fourth-order valence-corrected chi connectivity index (χ4v) is 3.29. The normalized spacial score (nSPS) is 11.3. The summed E-state index contributed by atoms with van der Waals surface area (Å²) in [6.45, 7) is -0.292. The third-order valence-electron chi connectivity index (χ3n) is 3.59. The van der Waals surface area contributed by atoms with E-state index in [0.29, 0.717) is 11.1 Å². The van der Waals surface area contributed by atoms with E-state index in [9.17, 15) is 22.4 Å².